The zero-order valence-electron chi connectivity index (χ0n) is 14.4. The molecule has 25 heavy (non-hydrogen) atoms. The van der Waals surface area contributed by atoms with Gasteiger partial charge in [-0.25, -0.2) is 13.9 Å². The minimum Gasteiger partial charge on any atom is -0.288 e. The molecule has 2 rings (SSSR count). The smallest absolute Gasteiger partial charge is 0.274 e. The van der Waals surface area contributed by atoms with Crippen molar-refractivity contribution in [3.63, 3.8) is 0 Å². The minimum atomic E-state index is -3.40. The molecule has 0 spiro atoms. The quantitative estimate of drug-likeness (QED) is 0.584. The lowest BCUT2D eigenvalue weighted by molar-refractivity contribution is 0.0706. The van der Waals surface area contributed by atoms with Crippen molar-refractivity contribution in [3.8, 4) is 0 Å². The number of aryl methyl sites for hydroxylation is 1. The first-order chi connectivity index (χ1) is 11.9. The van der Waals surface area contributed by atoms with E-state index in [-0.39, 0.29) is 11.7 Å². The van der Waals surface area contributed by atoms with Gasteiger partial charge in [0.1, 0.15) is 0 Å². The fourth-order valence-corrected chi connectivity index (χ4v) is 4.40. The summed E-state index contributed by atoms with van der Waals surface area (Å²) in [6, 6.07) is 13.5. The van der Waals surface area contributed by atoms with E-state index in [2.05, 4.69) is 0 Å². The molecule has 0 unspecified atom stereocenters. The number of hydrogen-bond acceptors (Lipinski definition) is 4. The van der Waals surface area contributed by atoms with Crippen molar-refractivity contribution >= 4 is 15.7 Å². The standard InChI is InChI=1S/C19H23NO4S/c1-3-4-17(15-7-9-16(10-8-15)19(21)20-22)13-25(23,24)18-11-5-14(2)6-12-18/h5-12,17,22H,3-4,13H2,1-2H3,(H,20,21)/t17-/m0/s1. The van der Waals surface area contributed by atoms with Gasteiger partial charge in [-0.05, 0) is 49.1 Å². The number of carbonyl (C=O) groups excluding carboxylic acids is 1. The maximum atomic E-state index is 12.7. The topological polar surface area (TPSA) is 83.5 Å². The number of nitrogens with one attached hydrogen (secondary N) is 1. The van der Waals surface area contributed by atoms with Gasteiger partial charge in [0.25, 0.3) is 5.91 Å². The second-order valence-electron chi connectivity index (χ2n) is 6.14. The van der Waals surface area contributed by atoms with E-state index in [1.807, 2.05) is 13.8 Å². The average Bonchev–Trinajstić information content (AvgIpc) is 2.61. The summed E-state index contributed by atoms with van der Waals surface area (Å²) in [6.07, 6.45) is 1.59. The van der Waals surface area contributed by atoms with Gasteiger partial charge < -0.3 is 0 Å². The molecule has 0 aliphatic carbocycles. The first-order valence-corrected chi connectivity index (χ1v) is 9.86. The molecule has 134 valence electrons. The van der Waals surface area contributed by atoms with Crippen molar-refractivity contribution in [1.29, 1.82) is 0 Å². The highest BCUT2D eigenvalue weighted by Crippen LogP contribution is 2.26. The molecule has 5 nitrogen and oxygen atoms in total. The van der Waals surface area contributed by atoms with Crippen LogP contribution in [0, 0.1) is 6.92 Å². The molecule has 0 fully saturated rings. The molecule has 0 bridgehead atoms. The van der Waals surface area contributed by atoms with Gasteiger partial charge in [0.15, 0.2) is 9.84 Å². The fraction of sp³-hybridized carbons (Fsp3) is 0.316. The van der Waals surface area contributed by atoms with Crippen molar-refractivity contribution in [2.75, 3.05) is 5.75 Å². The van der Waals surface area contributed by atoms with Gasteiger partial charge in [0.2, 0.25) is 0 Å². The number of hydrogen-bond donors (Lipinski definition) is 2. The summed E-state index contributed by atoms with van der Waals surface area (Å²) in [7, 11) is -3.40. The van der Waals surface area contributed by atoms with Crippen LogP contribution in [0.15, 0.2) is 53.4 Å². The van der Waals surface area contributed by atoms with E-state index in [0.29, 0.717) is 10.5 Å². The molecule has 0 saturated heterocycles. The van der Waals surface area contributed by atoms with Gasteiger partial charge in [-0.2, -0.15) is 0 Å². The van der Waals surface area contributed by atoms with Crippen LogP contribution >= 0.6 is 0 Å². The third-order valence-corrected chi connectivity index (χ3v) is 6.02. The summed E-state index contributed by atoms with van der Waals surface area (Å²) in [5, 5.41) is 8.67. The predicted molar refractivity (Wildman–Crippen MR) is 96.6 cm³/mol. The zero-order chi connectivity index (χ0) is 18.4. The molecule has 0 aromatic heterocycles. The van der Waals surface area contributed by atoms with Crippen molar-refractivity contribution in [2.24, 2.45) is 0 Å². The minimum absolute atomic E-state index is 0.0233. The molecular formula is C19H23NO4S. The number of sulfone groups is 1. The summed E-state index contributed by atoms with van der Waals surface area (Å²) >= 11 is 0. The summed E-state index contributed by atoms with van der Waals surface area (Å²) < 4.78 is 25.5. The molecule has 6 heteroatoms. The van der Waals surface area contributed by atoms with Crippen LogP contribution in [0.2, 0.25) is 0 Å². The lowest BCUT2D eigenvalue weighted by Crippen LogP contribution is -2.19. The molecule has 2 N–H and O–H groups in total. The van der Waals surface area contributed by atoms with Crippen LogP contribution in [0.1, 0.15) is 47.2 Å². The summed E-state index contributed by atoms with van der Waals surface area (Å²) in [5.74, 6) is -0.719. The van der Waals surface area contributed by atoms with E-state index in [4.69, 9.17) is 5.21 Å². The van der Waals surface area contributed by atoms with Crippen LogP contribution < -0.4 is 5.48 Å². The molecule has 2 aromatic carbocycles. The Morgan fingerprint density at radius 2 is 1.68 bits per heavy atom. The van der Waals surface area contributed by atoms with Crippen LogP contribution in [0.25, 0.3) is 0 Å². The predicted octanol–water partition coefficient (Wildman–Crippen LogP) is 3.47. The Labute approximate surface area is 148 Å². The highest BCUT2D eigenvalue weighted by molar-refractivity contribution is 7.91. The Balaban J connectivity index is 2.25. The van der Waals surface area contributed by atoms with E-state index in [1.54, 1.807) is 54.0 Å². The van der Waals surface area contributed by atoms with E-state index >= 15 is 0 Å². The van der Waals surface area contributed by atoms with Crippen LogP contribution in [0.5, 0.6) is 0 Å². The average molecular weight is 361 g/mol. The molecule has 1 amide bonds. The number of amides is 1. The van der Waals surface area contributed by atoms with Crippen LogP contribution in [0.4, 0.5) is 0 Å². The van der Waals surface area contributed by atoms with Crippen molar-refractivity contribution in [2.45, 2.75) is 37.5 Å². The van der Waals surface area contributed by atoms with Crippen molar-refractivity contribution in [3.05, 3.63) is 65.2 Å². The molecule has 1 atom stereocenters. The SMILES string of the molecule is CCC[C@@H](CS(=O)(=O)c1ccc(C)cc1)c1ccc(C(=O)NO)cc1. The summed E-state index contributed by atoms with van der Waals surface area (Å²) in [4.78, 5) is 11.7. The van der Waals surface area contributed by atoms with Crippen molar-refractivity contribution < 1.29 is 18.4 Å². The number of rotatable bonds is 7. The van der Waals surface area contributed by atoms with Gasteiger partial charge in [-0.1, -0.05) is 43.2 Å². The summed E-state index contributed by atoms with van der Waals surface area (Å²) in [5.41, 5.74) is 3.79. The van der Waals surface area contributed by atoms with E-state index in [0.717, 1.165) is 24.0 Å². The number of benzene rings is 2. The van der Waals surface area contributed by atoms with Gasteiger partial charge in [-0.3, -0.25) is 10.0 Å². The summed E-state index contributed by atoms with van der Waals surface area (Å²) in [6.45, 7) is 3.93. The molecule has 0 radical (unpaired) electrons. The van der Waals surface area contributed by atoms with Crippen molar-refractivity contribution in [1.82, 2.24) is 5.48 Å². The molecule has 0 aliphatic heterocycles. The molecule has 0 aliphatic rings. The molecule has 2 aromatic rings. The van der Waals surface area contributed by atoms with Crippen LogP contribution in [-0.4, -0.2) is 25.3 Å². The monoisotopic (exact) mass is 361 g/mol. The Hall–Kier alpha value is -2.18. The first kappa shape index (κ1) is 19.1. The van der Waals surface area contributed by atoms with Gasteiger partial charge in [0.05, 0.1) is 10.6 Å². The Morgan fingerprint density at radius 3 is 2.20 bits per heavy atom. The van der Waals surface area contributed by atoms with Crippen LogP contribution in [0.3, 0.4) is 0 Å². The van der Waals surface area contributed by atoms with E-state index in [1.165, 1.54) is 0 Å². The highest BCUT2D eigenvalue weighted by atomic mass is 32.2. The third-order valence-electron chi connectivity index (χ3n) is 4.18. The highest BCUT2D eigenvalue weighted by Gasteiger charge is 2.22. The Kier molecular flexibility index (Phi) is 6.33. The molecular weight excluding hydrogens is 338 g/mol. The maximum absolute atomic E-state index is 12.7. The fourth-order valence-electron chi connectivity index (χ4n) is 2.77. The normalized spacial score (nSPS) is 12.6. The molecule has 0 heterocycles. The van der Waals surface area contributed by atoms with Crippen LogP contribution in [-0.2, 0) is 9.84 Å². The second-order valence-corrected chi connectivity index (χ2v) is 8.18. The zero-order valence-corrected chi connectivity index (χ0v) is 15.2. The van der Waals surface area contributed by atoms with Gasteiger partial charge in [-0.15, -0.1) is 0 Å². The molecule has 0 saturated carbocycles. The Morgan fingerprint density at radius 1 is 1.08 bits per heavy atom. The third kappa shape index (κ3) is 4.90. The van der Waals surface area contributed by atoms with Gasteiger partial charge in [0, 0.05) is 5.56 Å². The second kappa shape index (κ2) is 8.27. The maximum Gasteiger partial charge on any atom is 0.274 e. The van der Waals surface area contributed by atoms with Gasteiger partial charge >= 0.3 is 0 Å². The number of carbonyl (C=O) groups is 1. The largest absolute Gasteiger partial charge is 0.288 e. The van der Waals surface area contributed by atoms with E-state index in [9.17, 15) is 13.2 Å². The lowest BCUT2D eigenvalue weighted by Gasteiger charge is -2.17. The lowest BCUT2D eigenvalue weighted by atomic mass is 9.95. The Bertz CT molecular complexity index is 812. The first-order valence-electron chi connectivity index (χ1n) is 8.21. The number of hydroxylamine groups is 1. The van der Waals surface area contributed by atoms with E-state index < -0.39 is 15.7 Å².